The zero-order valence-electron chi connectivity index (χ0n) is 21.6. The topological polar surface area (TPSA) is 116 Å². The minimum atomic E-state index is -6.11. The van der Waals surface area contributed by atoms with Crippen LogP contribution in [0.15, 0.2) is 47.4 Å². The van der Waals surface area contributed by atoms with Crippen LogP contribution in [0.2, 0.25) is 0 Å². The molecule has 2 aromatic rings. The molecule has 2 aromatic carbocycles. The number of nitrogens with zero attached hydrogens (tertiary/aromatic N) is 1. The van der Waals surface area contributed by atoms with Crippen LogP contribution in [0.1, 0.15) is 42.4 Å². The predicted octanol–water partition coefficient (Wildman–Crippen LogP) is 3.60. The van der Waals surface area contributed by atoms with Crippen LogP contribution < -0.4 is 14.9 Å². The molecule has 2 aliphatic heterocycles. The molecule has 2 atom stereocenters. The molecule has 0 bridgehead atoms. The lowest BCUT2D eigenvalue weighted by Crippen LogP contribution is -2.54. The number of hydrogen-bond acceptors (Lipinski definition) is 5. The number of aryl methyl sites for hydroxylation is 2. The Morgan fingerprint density at radius 3 is 2.27 bits per heavy atom. The molecule has 15 heteroatoms. The molecular weight excluding hydrogens is 580 g/mol. The van der Waals surface area contributed by atoms with E-state index in [0.717, 1.165) is 15.9 Å². The summed E-state index contributed by atoms with van der Waals surface area (Å²) in [5.41, 5.74) is -6.33. The maximum Gasteiger partial charge on any atom is 0.430 e. The number of piperidine rings is 1. The molecule has 0 aliphatic carbocycles. The lowest BCUT2D eigenvalue weighted by molar-refractivity contribution is -0.376. The number of alkyl halides is 6. The molecule has 2 heterocycles. The average Bonchev–Trinajstić information content (AvgIpc) is 2.86. The number of benzene rings is 2. The van der Waals surface area contributed by atoms with Gasteiger partial charge in [-0.1, -0.05) is 29.8 Å². The molecule has 1 fully saturated rings. The highest BCUT2D eigenvalue weighted by molar-refractivity contribution is 7.92. The highest BCUT2D eigenvalue weighted by atomic mass is 32.2. The van der Waals surface area contributed by atoms with Gasteiger partial charge in [0, 0.05) is 31.0 Å². The van der Waals surface area contributed by atoms with Crippen LogP contribution in [0.5, 0.6) is 0 Å². The summed E-state index contributed by atoms with van der Waals surface area (Å²) in [5.74, 6) is -0.826. The molecule has 1 saturated heterocycles. The monoisotopic (exact) mass is 607 g/mol. The second kappa shape index (κ2) is 10.8. The van der Waals surface area contributed by atoms with Crippen molar-refractivity contribution >= 4 is 27.5 Å². The maximum absolute atomic E-state index is 13.8. The summed E-state index contributed by atoms with van der Waals surface area (Å²) < 4.78 is 110. The van der Waals surface area contributed by atoms with E-state index in [9.17, 15) is 49.5 Å². The molecule has 2 unspecified atom stereocenters. The minimum absolute atomic E-state index is 0.0364. The minimum Gasteiger partial charge on any atom is -0.369 e. The van der Waals surface area contributed by atoms with E-state index in [-0.39, 0.29) is 47.7 Å². The molecule has 41 heavy (non-hydrogen) atoms. The van der Waals surface area contributed by atoms with E-state index in [1.54, 1.807) is 6.92 Å². The lowest BCUT2D eigenvalue weighted by Gasteiger charge is -2.39. The fourth-order valence-corrected chi connectivity index (χ4v) is 6.81. The molecule has 3 N–H and O–H groups in total. The van der Waals surface area contributed by atoms with Gasteiger partial charge in [0.15, 0.2) is 0 Å². The van der Waals surface area contributed by atoms with Crippen molar-refractivity contribution in [3.63, 3.8) is 0 Å². The Morgan fingerprint density at radius 2 is 1.68 bits per heavy atom. The SMILES string of the molecule is Cc1ccc(S(=O)(=O)N2c3ccc(C(O)(C(F)(F)F)C(F)(F)F)cc3CCC2CC(=O)NC2CCNC(=O)C2)cc1. The lowest BCUT2D eigenvalue weighted by atomic mass is 9.87. The van der Waals surface area contributed by atoms with Gasteiger partial charge in [0.2, 0.25) is 11.8 Å². The van der Waals surface area contributed by atoms with Crippen molar-refractivity contribution in [1.29, 1.82) is 0 Å². The van der Waals surface area contributed by atoms with Crippen LogP contribution >= 0.6 is 0 Å². The normalized spacial score (nSPS) is 20.3. The summed E-state index contributed by atoms with van der Waals surface area (Å²) in [4.78, 5) is 24.4. The van der Waals surface area contributed by atoms with Crippen LogP contribution in [0.3, 0.4) is 0 Å². The molecule has 4 rings (SSSR count). The number of nitrogens with one attached hydrogen (secondary N) is 2. The number of amides is 2. The highest BCUT2D eigenvalue weighted by Crippen LogP contribution is 2.51. The summed E-state index contributed by atoms with van der Waals surface area (Å²) in [5, 5.41) is 15.2. The molecule has 2 amide bonds. The second-order valence-electron chi connectivity index (χ2n) is 10.2. The fraction of sp³-hybridized carbons (Fsp3) is 0.462. The van der Waals surface area contributed by atoms with Crippen molar-refractivity contribution in [3.8, 4) is 0 Å². The number of carbonyl (C=O) groups excluding carboxylic acids is 2. The van der Waals surface area contributed by atoms with Crippen molar-refractivity contribution in [2.24, 2.45) is 0 Å². The van der Waals surface area contributed by atoms with Gasteiger partial charge < -0.3 is 15.7 Å². The van der Waals surface area contributed by atoms with E-state index in [0.29, 0.717) is 25.1 Å². The maximum atomic E-state index is 13.8. The Kier molecular flexibility index (Phi) is 8.08. The van der Waals surface area contributed by atoms with E-state index >= 15 is 0 Å². The third-order valence-electron chi connectivity index (χ3n) is 7.24. The number of rotatable bonds is 6. The van der Waals surface area contributed by atoms with Gasteiger partial charge in [0.25, 0.3) is 15.6 Å². The first-order valence-electron chi connectivity index (χ1n) is 12.6. The standard InChI is InChI=1S/C26H27F6N3O5S/c1-15-2-7-20(8-3-15)41(39,40)35-19(14-23(37)34-18-10-11-33-22(36)13-18)6-4-16-12-17(5-9-21(16)35)24(38,25(27,28)29)26(30,31)32/h2-3,5,7-9,12,18-19,38H,4,6,10-11,13-14H2,1H3,(H,33,36)(H,34,37). The zero-order chi connectivity index (χ0) is 30.4. The summed E-state index contributed by atoms with van der Waals surface area (Å²) in [7, 11) is -4.45. The Balaban J connectivity index is 1.75. The number of aliphatic hydroxyl groups is 1. The summed E-state index contributed by atoms with van der Waals surface area (Å²) in [6.07, 6.45) is -12.4. The van der Waals surface area contributed by atoms with Crippen molar-refractivity contribution in [2.75, 3.05) is 10.8 Å². The summed E-state index contributed by atoms with van der Waals surface area (Å²) >= 11 is 0. The van der Waals surface area contributed by atoms with Gasteiger partial charge in [-0.3, -0.25) is 13.9 Å². The van der Waals surface area contributed by atoms with Crippen molar-refractivity contribution in [2.45, 2.75) is 74.0 Å². The van der Waals surface area contributed by atoms with Gasteiger partial charge in [0.05, 0.1) is 16.6 Å². The molecule has 0 aromatic heterocycles. The van der Waals surface area contributed by atoms with Gasteiger partial charge in [-0.2, -0.15) is 26.3 Å². The van der Waals surface area contributed by atoms with Crippen LogP contribution in [-0.4, -0.2) is 56.3 Å². The highest BCUT2D eigenvalue weighted by Gasteiger charge is 2.71. The van der Waals surface area contributed by atoms with E-state index in [2.05, 4.69) is 10.6 Å². The van der Waals surface area contributed by atoms with Crippen LogP contribution in [0, 0.1) is 6.92 Å². The quantitative estimate of drug-likeness (QED) is 0.435. The number of fused-ring (bicyclic) bond motifs is 1. The Morgan fingerprint density at radius 1 is 1.05 bits per heavy atom. The van der Waals surface area contributed by atoms with Gasteiger partial charge in [-0.15, -0.1) is 0 Å². The smallest absolute Gasteiger partial charge is 0.369 e. The second-order valence-corrected chi connectivity index (χ2v) is 12.0. The fourth-order valence-electron chi connectivity index (χ4n) is 5.09. The molecule has 224 valence electrons. The Hall–Kier alpha value is -3.33. The van der Waals surface area contributed by atoms with Crippen molar-refractivity contribution < 1.29 is 49.5 Å². The first-order chi connectivity index (χ1) is 18.9. The molecule has 0 saturated carbocycles. The first-order valence-corrected chi connectivity index (χ1v) is 14.1. The summed E-state index contributed by atoms with van der Waals surface area (Å²) in [6.45, 7) is 2.06. The van der Waals surface area contributed by atoms with Crippen LogP contribution in [0.25, 0.3) is 0 Å². The molecule has 8 nitrogen and oxygen atoms in total. The average molecular weight is 608 g/mol. The third kappa shape index (κ3) is 5.87. The molecule has 0 radical (unpaired) electrons. The Labute approximate surface area is 231 Å². The van der Waals surface area contributed by atoms with E-state index in [1.807, 2.05) is 0 Å². The first kappa shape index (κ1) is 30.6. The number of halogens is 6. The molecule has 0 spiro atoms. The number of sulfonamides is 1. The molecular formula is C26H27F6N3O5S. The zero-order valence-corrected chi connectivity index (χ0v) is 22.5. The van der Waals surface area contributed by atoms with Gasteiger partial charge >= 0.3 is 12.4 Å². The predicted molar refractivity (Wildman–Crippen MR) is 134 cm³/mol. The van der Waals surface area contributed by atoms with Crippen molar-refractivity contribution in [3.05, 3.63) is 59.2 Å². The summed E-state index contributed by atoms with van der Waals surface area (Å²) in [6, 6.07) is 5.81. The molecule has 2 aliphatic rings. The van der Waals surface area contributed by atoms with E-state index in [4.69, 9.17) is 0 Å². The van der Waals surface area contributed by atoms with Crippen LogP contribution in [0.4, 0.5) is 32.0 Å². The van der Waals surface area contributed by atoms with Gasteiger partial charge in [-0.25, -0.2) is 8.42 Å². The van der Waals surface area contributed by atoms with Crippen LogP contribution in [-0.2, 0) is 31.6 Å². The van der Waals surface area contributed by atoms with Crippen molar-refractivity contribution in [1.82, 2.24) is 10.6 Å². The third-order valence-corrected chi connectivity index (χ3v) is 9.13. The number of hydrogen-bond donors (Lipinski definition) is 3. The number of carbonyl (C=O) groups is 2. The van der Waals surface area contributed by atoms with E-state index < -0.39 is 51.5 Å². The van der Waals surface area contributed by atoms with Gasteiger partial charge in [0.1, 0.15) is 0 Å². The number of anilines is 1. The van der Waals surface area contributed by atoms with Gasteiger partial charge in [-0.05, 0) is 49.9 Å². The van der Waals surface area contributed by atoms with E-state index in [1.165, 1.54) is 24.3 Å². The Bertz CT molecular complexity index is 1410. The largest absolute Gasteiger partial charge is 0.430 e.